The molecule has 0 radical (unpaired) electrons. The van der Waals surface area contributed by atoms with Crippen LogP contribution in [0.2, 0.25) is 0 Å². The third-order valence-corrected chi connectivity index (χ3v) is 5.36. The van der Waals surface area contributed by atoms with Gasteiger partial charge in [0.05, 0.1) is 10.3 Å². The first kappa shape index (κ1) is 16.4. The number of anilines is 1. The Hall–Kier alpha value is -3.06. The van der Waals surface area contributed by atoms with Crippen molar-refractivity contribution in [3.63, 3.8) is 0 Å². The molecule has 132 valence electrons. The van der Waals surface area contributed by atoms with Gasteiger partial charge in [-0.3, -0.25) is 19.8 Å². The summed E-state index contributed by atoms with van der Waals surface area (Å²) in [6.07, 6.45) is 0. The van der Waals surface area contributed by atoms with Crippen LogP contribution < -0.4 is 4.90 Å². The molecule has 1 saturated heterocycles. The number of para-hydroxylation sites is 3. The van der Waals surface area contributed by atoms with Crippen LogP contribution in [0.3, 0.4) is 0 Å². The van der Waals surface area contributed by atoms with Gasteiger partial charge in [0.15, 0.2) is 11.5 Å². The number of furan rings is 1. The molecule has 7 nitrogen and oxygen atoms in total. The topological polar surface area (TPSA) is 96.8 Å². The third-order valence-electron chi connectivity index (χ3n) is 4.74. The van der Waals surface area contributed by atoms with Crippen molar-refractivity contribution in [2.45, 2.75) is 17.8 Å². The van der Waals surface area contributed by atoms with E-state index in [0.717, 1.165) is 0 Å². The zero-order valence-electron chi connectivity index (χ0n) is 13.5. The fraction of sp³-hybridized carbons (Fsp3) is 0.167. The van der Waals surface area contributed by atoms with Crippen LogP contribution in [0, 0.1) is 10.1 Å². The maximum Gasteiger partial charge on any atom is 0.292 e. The smallest absolute Gasteiger partial charge is 0.292 e. The largest absolute Gasteiger partial charge is 0.504 e. The maximum absolute atomic E-state index is 12.5. The Morgan fingerprint density at radius 3 is 2.58 bits per heavy atom. The monoisotopic (exact) mass is 372 g/mol. The summed E-state index contributed by atoms with van der Waals surface area (Å²) in [7, 11) is 0. The van der Waals surface area contributed by atoms with E-state index in [1.54, 1.807) is 37.3 Å². The molecule has 2 heterocycles. The first-order valence-electron chi connectivity index (χ1n) is 7.80. The zero-order valence-corrected chi connectivity index (χ0v) is 14.3. The van der Waals surface area contributed by atoms with Gasteiger partial charge < -0.3 is 9.52 Å². The van der Waals surface area contributed by atoms with E-state index < -0.39 is 21.7 Å². The van der Waals surface area contributed by atoms with Crippen LogP contribution in [-0.2, 0) is 10.3 Å². The molecule has 0 spiro atoms. The molecule has 1 aromatic heterocycles. The van der Waals surface area contributed by atoms with E-state index in [-0.39, 0.29) is 22.9 Å². The van der Waals surface area contributed by atoms with E-state index in [4.69, 9.17) is 16.0 Å². The minimum absolute atomic E-state index is 0.0939. The lowest BCUT2D eigenvalue weighted by atomic mass is 9.81. The number of hydrogen-bond acceptors (Lipinski definition) is 5. The summed E-state index contributed by atoms with van der Waals surface area (Å²) in [6.45, 7) is 1.61. The Kier molecular flexibility index (Phi) is 3.45. The minimum atomic E-state index is -1.27. The number of carbonyl (C=O) groups is 1. The number of aromatic hydroxyl groups is 1. The van der Waals surface area contributed by atoms with Crippen molar-refractivity contribution in [3.05, 3.63) is 64.4 Å². The Labute approximate surface area is 152 Å². The van der Waals surface area contributed by atoms with Crippen LogP contribution in [0.5, 0.6) is 5.75 Å². The molecule has 1 amide bonds. The fourth-order valence-electron chi connectivity index (χ4n) is 3.40. The van der Waals surface area contributed by atoms with Crippen molar-refractivity contribution in [2.75, 3.05) is 4.90 Å². The first-order chi connectivity index (χ1) is 12.4. The van der Waals surface area contributed by atoms with Gasteiger partial charge in [0.2, 0.25) is 5.91 Å². The lowest BCUT2D eigenvalue weighted by Gasteiger charge is -2.51. The number of fused-ring (bicyclic) bond motifs is 1. The molecule has 2 unspecified atom stereocenters. The molecular formula is C18H13ClN2O5. The van der Waals surface area contributed by atoms with E-state index in [1.165, 1.54) is 23.1 Å². The predicted octanol–water partition coefficient (Wildman–Crippen LogP) is 3.92. The molecule has 2 aromatic carbocycles. The van der Waals surface area contributed by atoms with Gasteiger partial charge in [-0.25, -0.2) is 0 Å². The second-order valence-electron chi connectivity index (χ2n) is 6.21. The highest BCUT2D eigenvalue weighted by atomic mass is 35.5. The lowest BCUT2D eigenvalue weighted by Crippen LogP contribution is -2.69. The molecule has 0 saturated carbocycles. The second kappa shape index (κ2) is 5.47. The van der Waals surface area contributed by atoms with E-state index in [9.17, 15) is 20.0 Å². The van der Waals surface area contributed by atoms with E-state index >= 15 is 0 Å². The number of alkyl halides is 1. The van der Waals surface area contributed by atoms with Gasteiger partial charge >= 0.3 is 0 Å². The van der Waals surface area contributed by atoms with Crippen LogP contribution in [0.1, 0.15) is 12.7 Å². The van der Waals surface area contributed by atoms with Crippen molar-refractivity contribution < 1.29 is 19.2 Å². The molecule has 0 aliphatic carbocycles. The quantitative estimate of drug-likeness (QED) is 0.325. The van der Waals surface area contributed by atoms with Gasteiger partial charge in [-0.1, -0.05) is 24.3 Å². The highest BCUT2D eigenvalue weighted by Crippen LogP contribution is 2.53. The number of nitrogens with zero attached hydrogens (tertiary/aromatic N) is 2. The fourth-order valence-corrected chi connectivity index (χ4v) is 3.69. The van der Waals surface area contributed by atoms with Gasteiger partial charge in [0.1, 0.15) is 22.2 Å². The SMILES string of the molecule is CC1(c2oc3ccccc3c2O)C(Cl)C(=O)N1c1ccccc1[N+](=O)[O-]. The van der Waals surface area contributed by atoms with E-state index in [1.807, 2.05) is 0 Å². The molecule has 2 atom stereocenters. The van der Waals surface area contributed by atoms with E-state index in [0.29, 0.717) is 11.0 Å². The Morgan fingerprint density at radius 2 is 1.88 bits per heavy atom. The number of rotatable bonds is 3. The third kappa shape index (κ3) is 1.97. The normalized spacial score (nSPS) is 22.5. The van der Waals surface area contributed by atoms with Crippen LogP contribution in [0.15, 0.2) is 52.9 Å². The molecule has 1 N–H and O–H groups in total. The van der Waals surface area contributed by atoms with Crippen molar-refractivity contribution in [1.29, 1.82) is 0 Å². The number of nitro benzene ring substituents is 1. The zero-order chi connectivity index (χ0) is 18.6. The summed E-state index contributed by atoms with van der Waals surface area (Å²) >= 11 is 6.29. The van der Waals surface area contributed by atoms with Gasteiger partial charge in [0.25, 0.3) is 5.69 Å². The molecule has 3 aromatic rings. The summed E-state index contributed by atoms with van der Waals surface area (Å²) in [6, 6.07) is 12.7. The maximum atomic E-state index is 12.5. The molecule has 4 rings (SSSR count). The molecule has 26 heavy (non-hydrogen) atoms. The highest BCUT2D eigenvalue weighted by molar-refractivity contribution is 6.38. The van der Waals surface area contributed by atoms with Crippen LogP contribution in [-0.4, -0.2) is 21.3 Å². The molecule has 0 bridgehead atoms. The van der Waals surface area contributed by atoms with Crippen molar-refractivity contribution in [3.8, 4) is 5.75 Å². The van der Waals surface area contributed by atoms with Gasteiger partial charge in [-0.2, -0.15) is 0 Å². The summed E-state index contributed by atoms with van der Waals surface area (Å²) in [5.41, 5.74) is -0.964. The Morgan fingerprint density at radius 1 is 1.23 bits per heavy atom. The van der Waals surface area contributed by atoms with Crippen molar-refractivity contribution in [1.82, 2.24) is 0 Å². The van der Waals surface area contributed by atoms with Crippen molar-refractivity contribution in [2.24, 2.45) is 0 Å². The predicted molar refractivity (Wildman–Crippen MR) is 95.5 cm³/mol. The van der Waals surface area contributed by atoms with E-state index in [2.05, 4.69) is 0 Å². The van der Waals surface area contributed by atoms with Gasteiger partial charge in [0, 0.05) is 6.07 Å². The first-order valence-corrected chi connectivity index (χ1v) is 8.23. The molecule has 1 aliphatic heterocycles. The number of amides is 1. The molecular weight excluding hydrogens is 360 g/mol. The van der Waals surface area contributed by atoms with Crippen LogP contribution >= 0.6 is 11.6 Å². The number of hydrogen-bond donors (Lipinski definition) is 1. The average molecular weight is 373 g/mol. The summed E-state index contributed by atoms with van der Waals surface area (Å²) in [4.78, 5) is 24.5. The molecule has 1 fully saturated rings. The summed E-state index contributed by atoms with van der Waals surface area (Å²) < 4.78 is 5.78. The molecule has 8 heteroatoms. The van der Waals surface area contributed by atoms with Crippen LogP contribution in [0.25, 0.3) is 11.0 Å². The Balaban J connectivity index is 1.93. The lowest BCUT2D eigenvalue weighted by molar-refractivity contribution is -0.384. The second-order valence-corrected chi connectivity index (χ2v) is 6.64. The molecule has 1 aliphatic rings. The standard InChI is InChI=1S/C18H13ClN2O5/c1-18(16-14(22)10-6-2-5-9-13(10)26-16)15(19)17(23)20(18)11-7-3-4-8-12(11)21(24)25/h2-9,15,22H,1H3. The minimum Gasteiger partial charge on any atom is -0.504 e. The van der Waals surface area contributed by atoms with Crippen LogP contribution in [0.4, 0.5) is 11.4 Å². The summed E-state index contributed by atoms with van der Waals surface area (Å²) in [5.74, 6) is -0.537. The number of halogens is 1. The Bertz CT molecular complexity index is 1060. The average Bonchev–Trinajstić information content (AvgIpc) is 2.99. The van der Waals surface area contributed by atoms with Crippen molar-refractivity contribution >= 4 is 39.9 Å². The van der Waals surface area contributed by atoms with Gasteiger partial charge in [-0.05, 0) is 25.1 Å². The number of β-lactam (4-membered cyclic amide) rings is 1. The number of benzene rings is 2. The number of carbonyl (C=O) groups excluding carboxylic acids is 1. The number of nitro groups is 1. The van der Waals surface area contributed by atoms with Gasteiger partial charge in [-0.15, -0.1) is 11.6 Å². The summed E-state index contributed by atoms with van der Waals surface area (Å²) in [5, 5.41) is 21.4. The highest BCUT2D eigenvalue weighted by Gasteiger charge is 2.62.